The highest BCUT2D eigenvalue weighted by molar-refractivity contribution is 5.82. The molecule has 2 heterocycles. The number of aliphatic hydroxyl groups is 1. The van der Waals surface area contributed by atoms with Crippen LogP contribution in [0.4, 0.5) is 0 Å². The van der Waals surface area contributed by atoms with Crippen LogP contribution in [-0.2, 0) is 11.2 Å². The lowest BCUT2D eigenvalue weighted by atomic mass is 10.1. The van der Waals surface area contributed by atoms with E-state index in [4.69, 9.17) is 10.2 Å². The summed E-state index contributed by atoms with van der Waals surface area (Å²) in [5.41, 5.74) is 7.74. The molecule has 0 unspecified atom stereocenters. The number of aromatic nitrogens is 2. The van der Waals surface area contributed by atoms with Gasteiger partial charge >= 0.3 is 0 Å². The number of nitrogens with two attached hydrogens (primary N) is 1. The zero-order valence-corrected chi connectivity index (χ0v) is 14.9. The summed E-state index contributed by atoms with van der Waals surface area (Å²) in [5.74, 6) is 0.831. The number of hydrogen-bond donors (Lipinski definition) is 2. The molecule has 6 nitrogen and oxygen atoms in total. The first-order valence-electron chi connectivity index (χ1n) is 8.71. The Morgan fingerprint density at radius 3 is 2.62 bits per heavy atom. The first-order chi connectivity index (χ1) is 12.5. The number of rotatable bonds is 7. The highest BCUT2D eigenvalue weighted by Crippen LogP contribution is 2.35. The monoisotopic (exact) mass is 353 g/mol. The van der Waals surface area contributed by atoms with Gasteiger partial charge in [-0.1, -0.05) is 37.3 Å². The lowest BCUT2D eigenvalue weighted by molar-refractivity contribution is -0.123. The highest BCUT2D eigenvalue weighted by atomic mass is 16.3. The van der Waals surface area contributed by atoms with Crippen molar-refractivity contribution in [2.24, 2.45) is 5.73 Å². The summed E-state index contributed by atoms with van der Waals surface area (Å²) in [5, 5.41) is 10.1. The lowest BCUT2D eigenvalue weighted by Crippen LogP contribution is -2.34. The van der Waals surface area contributed by atoms with Gasteiger partial charge < -0.3 is 19.8 Å². The van der Waals surface area contributed by atoms with Gasteiger partial charge in [-0.15, -0.1) is 0 Å². The summed E-state index contributed by atoms with van der Waals surface area (Å²) in [7, 11) is 0. The van der Waals surface area contributed by atoms with Crippen molar-refractivity contribution < 1.29 is 14.3 Å². The van der Waals surface area contributed by atoms with E-state index in [0.717, 1.165) is 24.2 Å². The summed E-state index contributed by atoms with van der Waals surface area (Å²) < 4.78 is 7.59. The first kappa shape index (κ1) is 17.9. The molecule has 26 heavy (non-hydrogen) atoms. The zero-order chi connectivity index (χ0) is 18.7. The number of amides is 1. The average Bonchev–Trinajstić information content (AvgIpc) is 3.22. The predicted molar refractivity (Wildman–Crippen MR) is 99.3 cm³/mol. The van der Waals surface area contributed by atoms with Gasteiger partial charge in [0.15, 0.2) is 5.76 Å². The molecule has 3 N–H and O–H groups in total. The van der Waals surface area contributed by atoms with Gasteiger partial charge in [-0.2, -0.15) is 0 Å². The summed E-state index contributed by atoms with van der Waals surface area (Å²) >= 11 is 0. The quantitative estimate of drug-likeness (QED) is 0.682. The van der Waals surface area contributed by atoms with E-state index in [1.807, 2.05) is 42.5 Å². The normalized spacial score (nSPS) is 13.5. The largest absolute Gasteiger partial charge is 0.459 e. The predicted octanol–water partition coefficient (Wildman–Crippen LogP) is 3.17. The fourth-order valence-electron chi connectivity index (χ4n) is 3.12. The van der Waals surface area contributed by atoms with E-state index < -0.39 is 18.1 Å². The standard InChI is InChI=1S/C20H23N3O3/c1-3-7-15-10-11-16(26-15)19-17(14-8-5-4-6-9-14)22-12-23(19)18(13(2)24)20(21)25/h4-6,8-13,18,24H,3,7H2,1-2H3,(H2,21,25)/t13-,18+/m1/s1. The Balaban J connectivity index is 2.19. The fourth-order valence-corrected chi connectivity index (χ4v) is 3.12. The van der Waals surface area contributed by atoms with Crippen molar-refractivity contribution in [2.75, 3.05) is 0 Å². The fraction of sp³-hybridized carbons (Fsp3) is 0.300. The van der Waals surface area contributed by atoms with E-state index in [1.165, 1.54) is 13.3 Å². The molecule has 3 rings (SSSR count). The second-order valence-corrected chi connectivity index (χ2v) is 6.32. The van der Waals surface area contributed by atoms with Crippen molar-refractivity contribution in [3.63, 3.8) is 0 Å². The van der Waals surface area contributed by atoms with Gasteiger partial charge in [0.2, 0.25) is 5.91 Å². The molecule has 0 saturated heterocycles. The molecule has 0 aliphatic rings. The van der Waals surface area contributed by atoms with Gasteiger partial charge in [0.1, 0.15) is 17.5 Å². The van der Waals surface area contributed by atoms with Gasteiger partial charge in [-0.25, -0.2) is 4.98 Å². The molecule has 0 spiro atoms. The van der Waals surface area contributed by atoms with Gasteiger partial charge in [0, 0.05) is 12.0 Å². The third-order valence-electron chi connectivity index (χ3n) is 4.28. The van der Waals surface area contributed by atoms with E-state index in [0.29, 0.717) is 17.1 Å². The van der Waals surface area contributed by atoms with E-state index in [-0.39, 0.29) is 0 Å². The van der Waals surface area contributed by atoms with Crippen LogP contribution in [0.3, 0.4) is 0 Å². The molecule has 2 atom stereocenters. The van der Waals surface area contributed by atoms with Crippen LogP contribution in [0.2, 0.25) is 0 Å². The molecule has 1 amide bonds. The maximum absolute atomic E-state index is 12.0. The van der Waals surface area contributed by atoms with Gasteiger partial charge in [0.05, 0.1) is 18.1 Å². The number of carbonyl (C=O) groups is 1. The molecule has 136 valence electrons. The molecular formula is C20H23N3O3. The Morgan fingerprint density at radius 1 is 1.27 bits per heavy atom. The number of nitrogens with zero attached hydrogens (tertiary/aromatic N) is 2. The Kier molecular flexibility index (Phi) is 5.23. The van der Waals surface area contributed by atoms with E-state index in [9.17, 15) is 9.90 Å². The van der Waals surface area contributed by atoms with Crippen molar-refractivity contribution in [2.45, 2.75) is 38.8 Å². The molecule has 0 aliphatic heterocycles. The topological polar surface area (TPSA) is 94.3 Å². The minimum Gasteiger partial charge on any atom is -0.459 e. The minimum atomic E-state index is -0.964. The molecule has 0 aliphatic carbocycles. The van der Waals surface area contributed by atoms with Crippen LogP contribution in [0.1, 0.15) is 32.1 Å². The Morgan fingerprint density at radius 2 is 2.00 bits per heavy atom. The van der Waals surface area contributed by atoms with Crippen LogP contribution in [0, 0.1) is 0 Å². The molecule has 2 aromatic heterocycles. The molecule has 3 aromatic rings. The summed E-state index contributed by atoms with van der Waals surface area (Å²) in [6, 6.07) is 12.5. The maximum atomic E-state index is 12.0. The summed E-state index contributed by atoms with van der Waals surface area (Å²) in [4.78, 5) is 16.4. The lowest BCUT2D eigenvalue weighted by Gasteiger charge is -2.20. The van der Waals surface area contributed by atoms with Crippen LogP contribution in [0.5, 0.6) is 0 Å². The molecule has 0 fully saturated rings. The van der Waals surface area contributed by atoms with Crippen molar-refractivity contribution in [3.8, 4) is 22.7 Å². The number of furan rings is 1. The van der Waals surface area contributed by atoms with Crippen LogP contribution in [0.25, 0.3) is 22.7 Å². The zero-order valence-electron chi connectivity index (χ0n) is 14.9. The third kappa shape index (κ3) is 3.41. The van der Waals surface area contributed by atoms with Crippen molar-refractivity contribution in [1.29, 1.82) is 0 Å². The van der Waals surface area contributed by atoms with Crippen LogP contribution >= 0.6 is 0 Å². The number of benzene rings is 1. The maximum Gasteiger partial charge on any atom is 0.243 e. The second kappa shape index (κ2) is 7.58. The van der Waals surface area contributed by atoms with Gasteiger partial charge in [0.25, 0.3) is 0 Å². The molecule has 6 heteroatoms. The van der Waals surface area contributed by atoms with Crippen molar-refractivity contribution in [1.82, 2.24) is 9.55 Å². The van der Waals surface area contributed by atoms with Crippen molar-refractivity contribution >= 4 is 5.91 Å². The SMILES string of the molecule is CCCc1ccc(-c2c(-c3ccccc3)ncn2[C@H](C(N)=O)[C@@H](C)O)o1. The molecule has 0 bridgehead atoms. The number of hydrogen-bond acceptors (Lipinski definition) is 4. The number of aryl methyl sites for hydroxylation is 1. The van der Waals surface area contributed by atoms with E-state index in [1.54, 1.807) is 4.57 Å². The summed E-state index contributed by atoms with van der Waals surface area (Å²) in [6.45, 7) is 3.62. The van der Waals surface area contributed by atoms with E-state index >= 15 is 0 Å². The van der Waals surface area contributed by atoms with Crippen LogP contribution in [0.15, 0.2) is 53.2 Å². The van der Waals surface area contributed by atoms with Crippen LogP contribution < -0.4 is 5.73 Å². The first-order valence-corrected chi connectivity index (χ1v) is 8.71. The van der Waals surface area contributed by atoms with Gasteiger partial charge in [-0.3, -0.25) is 4.79 Å². The Bertz CT molecular complexity index is 881. The molecule has 0 radical (unpaired) electrons. The molecule has 1 aromatic carbocycles. The number of primary amides is 1. The average molecular weight is 353 g/mol. The Hall–Kier alpha value is -2.86. The number of imidazole rings is 1. The van der Waals surface area contributed by atoms with Crippen LogP contribution in [-0.4, -0.2) is 26.7 Å². The summed E-state index contributed by atoms with van der Waals surface area (Å²) in [6.07, 6.45) is 2.36. The number of carbonyl (C=O) groups excluding carboxylic acids is 1. The third-order valence-corrected chi connectivity index (χ3v) is 4.28. The molecular weight excluding hydrogens is 330 g/mol. The minimum absolute atomic E-state index is 0.594. The smallest absolute Gasteiger partial charge is 0.243 e. The Labute approximate surface area is 152 Å². The second-order valence-electron chi connectivity index (χ2n) is 6.32. The molecule has 0 saturated carbocycles. The number of aliphatic hydroxyl groups excluding tert-OH is 1. The highest BCUT2D eigenvalue weighted by Gasteiger charge is 2.29. The van der Waals surface area contributed by atoms with Crippen molar-refractivity contribution in [3.05, 3.63) is 54.6 Å². The van der Waals surface area contributed by atoms with E-state index in [2.05, 4.69) is 11.9 Å². The van der Waals surface area contributed by atoms with Gasteiger partial charge in [-0.05, 0) is 25.5 Å².